The number of nitrogens with one attached hydrogen (secondary N) is 1. The number of carbonyl (C=O) groups is 1. The van der Waals surface area contributed by atoms with Gasteiger partial charge in [0.05, 0.1) is 17.8 Å². The molecule has 1 atom stereocenters. The highest BCUT2D eigenvalue weighted by Crippen LogP contribution is 2.26. The normalized spacial score (nSPS) is 13.0. The van der Waals surface area contributed by atoms with Crippen LogP contribution in [-0.4, -0.2) is 39.3 Å². The second-order valence-corrected chi connectivity index (χ2v) is 5.66. The van der Waals surface area contributed by atoms with Crippen LogP contribution in [-0.2, 0) is 19.6 Å². The molecule has 1 aromatic carbocycles. The lowest BCUT2D eigenvalue weighted by Gasteiger charge is -2.12. The number of nitrogen functional groups attached to an aromatic ring is 1. The van der Waals surface area contributed by atoms with Crippen LogP contribution in [0, 0.1) is 0 Å². The zero-order valence-corrected chi connectivity index (χ0v) is 11.5. The van der Waals surface area contributed by atoms with Crippen molar-refractivity contribution in [3.63, 3.8) is 0 Å². The molecular weight excluding hydrogens is 296 g/mol. The third kappa shape index (κ3) is 3.80. The monoisotopic (exact) mass is 308 g/mol. The Morgan fingerprint density at radius 3 is 2.74 bits per heavy atom. The Kier molecular flexibility index (Phi) is 5.12. The third-order valence-corrected chi connectivity index (χ3v) is 4.17. The molecule has 4 N–H and O–H groups in total. The number of anilines is 1. The molecule has 0 saturated carbocycles. The van der Waals surface area contributed by atoms with Gasteiger partial charge in [0.1, 0.15) is 4.90 Å². The van der Waals surface area contributed by atoms with E-state index in [0.717, 1.165) is 7.11 Å². The molecule has 0 saturated heterocycles. The van der Waals surface area contributed by atoms with Crippen molar-refractivity contribution in [2.45, 2.75) is 11.0 Å². The van der Waals surface area contributed by atoms with Crippen molar-refractivity contribution in [3.05, 3.63) is 23.2 Å². The van der Waals surface area contributed by atoms with Gasteiger partial charge in [-0.25, -0.2) is 17.9 Å². The molecule has 0 aliphatic rings. The number of nitrogens with two attached hydrogens (primary N) is 1. The van der Waals surface area contributed by atoms with Crippen molar-refractivity contribution in [2.75, 3.05) is 19.4 Å². The van der Waals surface area contributed by atoms with E-state index in [1.165, 1.54) is 18.2 Å². The topological polar surface area (TPSA) is 119 Å². The lowest BCUT2D eigenvalue weighted by Crippen LogP contribution is -2.37. The van der Waals surface area contributed by atoms with E-state index in [9.17, 15) is 18.3 Å². The fourth-order valence-corrected chi connectivity index (χ4v) is 3.00. The minimum absolute atomic E-state index is 0.0347. The maximum Gasteiger partial charge on any atom is 0.336 e. The van der Waals surface area contributed by atoms with Gasteiger partial charge in [-0.3, -0.25) is 0 Å². The van der Waals surface area contributed by atoms with Gasteiger partial charge in [-0.15, -0.1) is 0 Å². The highest BCUT2D eigenvalue weighted by molar-refractivity contribution is 7.89. The standard InChI is InChI=1S/C10H13ClN2O5S/c1-18-10(15)8(14)5-13-19(16,17)9-6(11)3-2-4-7(9)12/h2-4,8,13-14H,5,12H2,1H3. The van der Waals surface area contributed by atoms with Gasteiger partial charge < -0.3 is 15.6 Å². The van der Waals surface area contributed by atoms with Crippen LogP contribution >= 0.6 is 11.6 Å². The summed E-state index contributed by atoms with van der Waals surface area (Å²) in [4.78, 5) is 10.6. The summed E-state index contributed by atoms with van der Waals surface area (Å²) in [5.74, 6) is -0.949. The van der Waals surface area contributed by atoms with Gasteiger partial charge >= 0.3 is 5.97 Å². The van der Waals surface area contributed by atoms with Crippen molar-refractivity contribution in [1.82, 2.24) is 4.72 Å². The van der Waals surface area contributed by atoms with Crippen LogP contribution in [0.2, 0.25) is 5.02 Å². The Bertz CT molecular complexity index is 555. The molecule has 1 rings (SSSR count). The van der Waals surface area contributed by atoms with Crippen LogP contribution in [0.15, 0.2) is 23.1 Å². The van der Waals surface area contributed by atoms with E-state index in [-0.39, 0.29) is 15.6 Å². The number of esters is 1. The Balaban J connectivity index is 2.91. The number of hydrogen-bond acceptors (Lipinski definition) is 6. The number of benzene rings is 1. The average molecular weight is 309 g/mol. The Labute approximate surface area is 115 Å². The summed E-state index contributed by atoms with van der Waals surface area (Å²) in [6.07, 6.45) is -1.61. The number of sulfonamides is 1. The van der Waals surface area contributed by atoms with Gasteiger partial charge in [0.25, 0.3) is 0 Å². The van der Waals surface area contributed by atoms with Crippen molar-refractivity contribution in [2.24, 2.45) is 0 Å². The van der Waals surface area contributed by atoms with Crippen molar-refractivity contribution < 1.29 is 23.1 Å². The number of ether oxygens (including phenoxy) is 1. The van der Waals surface area contributed by atoms with E-state index < -0.39 is 28.6 Å². The molecular formula is C10H13ClN2O5S. The molecule has 1 unspecified atom stereocenters. The molecule has 1 aromatic rings. The molecule has 0 fully saturated rings. The Morgan fingerprint density at radius 2 is 2.21 bits per heavy atom. The highest BCUT2D eigenvalue weighted by Gasteiger charge is 2.24. The molecule has 106 valence electrons. The van der Waals surface area contributed by atoms with Crippen LogP contribution in [0.1, 0.15) is 0 Å². The molecule has 19 heavy (non-hydrogen) atoms. The number of hydrogen-bond donors (Lipinski definition) is 3. The second kappa shape index (κ2) is 6.20. The minimum Gasteiger partial charge on any atom is -0.467 e. The number of methoxy groups -OCH3 is 1. The van der Waals surface area contributed by atoms with Gasteiger partial charge in [-0.05, 0) is 12.1 Å². The van der Waals surface area contributed by atoms with Crippen LogP contribution < -0.4 is 10.5 Å². The SMILES string of the molecule is COC(=O)C(O)CNS(=O)(=O)c1c(N)cccc1Cl. The van der Waals surface area contributed by atoms with Crippen LogP contribution in [0.5, 0.6) is 0 Å². The quantitative estimate of drug-likeness (QED) is 0.509. The van der Waals surface area contributed by atoms with Crippen molar-refractivity contribution >= 4 is 33.3 Å². The molecule has 0 heterocycles. The van der Waals surface area contributed by atoms with E-state index >= 15 is 0 Å². The van der Waals surface area contributed by atoms with E-state index in [1.807, 2.05) is 4.72 Å². The lowest BCUT2D eigenvalue weighted by molar-refractivity contribution is -0.149. The van der Waals surface area contributed by atoms with E-state index in [4.69, 9.17) is 17.3 Å². The summed E-state index contributed by atoms with van der Waals surface area (Å²) in [6.45, 7) is -0.542. The fraction of sp³-hybridized carbons (Fsp3) is 0.300. The van der Waals surface area contributed by atoms with E-state index in [0.29, 0.717) is 0 Å². The van der Waals surface area contributed by atoms with E-state index in [1.54, 1.807) is 0 Å². The first-order chi connectivity index (χ1) is 8.79. The van der Waals surface area contributed by atoms with Gasteiger partial charge in [0.15, 0.2) is 6.10 Å². The number of aliphatic hydroxyl groups excluding tert-OH is 1. The Hall–Kier alpha value is -1.35. The van der Waals surface area contributed by atoms with Crippen molar-refractivity contribution in [3.8, 4) is 0 Å². The van der Waals surface area contributed by atoms with Gasteiger partial charge in [-0.2, -0.15) is 0 Å². The van der Waals surface area contributed by atoms with Gasteiger partial charge in [0.2, 0.25) is 10.0 Å². The zero-order valence-electron chi connectivity index (χ0n) is 9.96. The van der Waals surface area contributed by atoms with Crippen LogP contribution in [0.4, 0.5) is 5.69 Å². The van der Waals surface area contributed by atoms with Gasteiger partial charge in [0, 0.05) is 6.54 Å². The molecule has 0 spiro atoms. The molecule has 9 heteroatoms. The number of aliphatic hydroxyl groups is 1. The van der Waals surface area contributed by atoms with Crippen LogP contribution in [0.3, 0.4) is 0 Å². The maximum atomic E-state index is 12.0. The molecule has 0 aromatic heterocycles. The van der Waals surface area contributed by atoms with Crippen LogP contribution in [0.25, 0.3) is 0 Å². The Morgan fingerprint density at radius 1 is 1.58 bits per heavy atom. The maximum absolute atomic E-state index is 12.0. The molecule has 7 nitrogen and oxygen atoms in total. The lowest BCUT2D eigenvalue weighted by atomic mass is 10.3. The molecule has 0 amide bonds. The summed E-state index contributed by atoms with van der Waals surface area (Å²) in [7, 11) is -2.96. The molecule has 0 bridgehead atoms. The predicted octanol–water partition coefficient (Wildman–Crippen LogP) is -0.266. The summed E-state index contributed by atoms with van der Waals surface area (Å²) < 4.78 is 30.2. The number of carbonyl (C=O) groups excluding carboxylic acids is 1. The molecule has 0 aliphatic carbocycles. The molecule has 0 radical (unpaired) electrons. The zero-order chi connectivity index (χ0) is 14.6. The third-order valence-electron chi connectivity index (χ3n) is 2.21. The number of halogens is 1. The summed E-state index contributed by atoms with van der Waals surface area (Å²) in [5.41, 5.74) is 5.51. The fourth-order valence-electron chi connectivity index (χ4n) is 1.29. The van der Waals surface area contributed by atoms with E-state index in [2.05, 4.69) is 4.74 Å². The number of rotatable bonds is 5. The largest absolute Gasteiger partial charge is 0.467 e. The van der Waals surface area contributed by atoms with Gasteiger partial charge in [-0.1, -0.05) is 17.7 Å². The first kappa shape index (κ1) is 15.7. The van der Waals surface area contributed by atoms with Crippen molar-refractivity contribution in [1.29, 1.82) is 0 Å². The predicted molar refractivity (Wildman–Crippen MR) is 69.1 cm³/mol. The summed E-state index contributed by atoms with van der Waals surface area (Å²) in [6, 6.07) is 4.24. The summed E-state index contributed by atoms with van der Waals surface area (Å²) in [5, 5.41) is 9.25. The first-order valence-electron chi connectivity index (χ1n) is 5.09. The highest BCUT2D eigenvalue weighted by atomic mass is 35.5. The average Bonchev–Trinajstić information content (AvgIpc) is 2.34. The first-order valence-corrected chi connectivity index (χ1v) is 6.95. The molecule has 0 aliphatic heterocycles. The minimum atomic E-state index is -4.03. The summed E-state index contributed by atoms with van der Waals surface area (Å²) >= 11 is 5.77. The smallest absolute Gasteiger partial charge is 0.336 e. The second-order valence-electron chi connectivity index (χ2n) is 3.55.